The summed E-state index contributed by atoms with van der Waals surface area (Å²) in [6, 6.07) is 6.48. The molecule has 0 aliphatic carbocycles. The number of ether oxygens (including phenoxy) is 1. The van der Waals surface area contributed by atoms with Crippen LogP contribution < -0.4 is 4.74 Å². The zero-order valence-electron chi connectivity index (χ0n) is 12.6. The number of rotatable bonds is 6. The highest BCUT2D eigenvalue weighted by Crippen LogP contribution is 2.34. The molecule has 0 bridgehead atoms. The molecule has 1 aliphatic rings. The van der Waals surface area contributed by atoms with Crippen LogP contribution >= 0.6 is 0 Å². The maximum Gasteiger partial charge on any atom is 0.243 e. The van der Waals surface area contributed by atoms with E-state index < -0.39 is 10.0 Å². The van der Waals surface area contributed by atoms with Gasteiger partial charge in [-0.3, -0.25) is 0 Å². The minimum atomic E-state index is -3.45. The Morgan fingerprint density at radius 1 is 1.29 bits per heavy atom. The third-order valence-corrected chi connectivity index (χ3v) is 5.93. The molecule has 0 atom stereocenters. The van der Waals surface area contributed by atoms with Crippen molar-refractivity contribution in [3.8, 4) is 5.75 Å². The highest BCUT2D eigenvalue weighted by Gasteiger charge is 2.40. The molecule has 1 N–H and O–H groups in total. The van der Waals surface area contributed by atoms with E-state index >= 15 is 0 Å². The van der Waals surface area contributed by atoms with Gasteiger partial charge in [0.15, 0.2) is 0 Å². The van der Waals surface area contributed by atoms with Crippen molar-refractivity contribution >= 4 is 10.0 Å². The van der Waals surface area contributed by atoms with Crippen molar-refractivity contribution in [2.75, 3.05) is 19.8 Å². The number of hydrogen-bond donors (Lipinski definition) is 1. The second kappa shape index (κ2) is 6.34. The van der Waals surface area contributed by atoms with Crippen molar-refractivity contribution in [2.24, 2.45) is 0 Å². The summed E-state index contributed by atoms with van der Waals surface area (Å²) in [4.78, 5) is 0.298. The Balaban J connectivity index is 2.14. The number of aliphatic hydroxyl groups excluding tert-OH is 1. The molecule has 0 amide bonds. The van der Waals surface area contributed by atoms with E-state index in [1.807, 2.05) is 13.8 Å². The largest absolute Gasteiger partial charge is 0.494 e. The molecule has 1 aliphatic heterocycles. The molecule has 0 unspecified atom stereocenters. The van der Waals surface area contributed by atoms with Crippen molar-refractivity contribution in [2.45, 2.75) is 43.5 Å². The van der Waals surface area contributed by atoms with E-state index in [9.17, 15) is 8.42 Å². The third-order valence-electron chi connectivity index (χ3n) is 3.81. The Hall–Kier alpha value is -1.11. The Kier molecular flexibility index (Phi) is 4.91. The van der Waals surface area contributed by atoms with Crippen LogP contribution in [-0.4, -0.2) is 43.1 Å². The van der Waals surface area contributed by atoms with Crippen LogP contribution in [-0.2, 0) is 10.0 Å². The molecule has 21 heavy (non-hydrogen) atoms. The van der Waals surface area contributed by atoms with E-state index in [1.54, 1.807) is 28.6 Å². The van der Waals surface area contributed by atoms with Gasteiger partial charge in [0.05, 0.1) is 11.5 Å². The van der Waals surface area contributed by atoms with E-state index in [0.717, 1.165) is 12.8 Å². The first-order valence-electron chi connectivity index (χ1n) is 7.24. The fourth-order valence-electron chi connectivity index (χ4n) is 2.62. The fourth-order valence-corrected chi connectivity index (χ4v) is 4.46. The van der Waals surface area contributed by atoms with Crippen LogP contribution in [0.25, 0.3) is 0 Å². The van der Waals surface area contributed by atoms with Gasteiger partial charge in [-0.25, -0.2) is 8.42 Å². The lowest BCUT2D eigenvalue weighted by molar-refractivity contribution is 0.233. The Morgan fingerprint density at radius 2 is 1.95 bits per heavy atom. The molecule has 118 valence electrons. The summed E-state index contributed by atoms with van der Waals surface area (Å²) in [6.45, 7) is 5.00. The summed E-state index contributed by atoms with van der Waals surface area (Å²) in [7, 11) is -3.45. The first-order chi connectivity index (χ1) is 9.88. The van der Waals surface area contributed by atoms with Gasteiger partial charge in [-0.15, -0.1) is 0 Å². The van der Waals surface area contributed by atoms with Gasteiger partial charge in [-0.05, 0) is 51.0 Å². The number of hydrogen-bond acceptors (Lipinski definition) is 4. The molecule has 2 rings (SSSR count). The first kappa shape index (κ1) is 16.3. The minimum Gasteiger partial charge on any atom is -0.494 e. The van der Waals surface area contributed by atoms with Crippen molar-refractivity contribution in [3.63, 3.8) is 0 Å². The smallest absolute Gasteiger partial charge is 0.243 e. The number of aliphatic hydroxyl groups is 1. The van der Waals surface area contributed by atoms with Crippen molar-refractivity contribution in [1.82, 2.24) is 4.31 Å². The summed E-state index contributed by atoms with van der Waals surface area (Å²) in [5.41, 5.74) is -0.324. The Bertz CT molecular complexity index is 566. The molecule has 1 heterocycles. The first-order valence-corrected chi connectivity index (χ1v) is 8.68. The van der Waals surface area contributed by atoms with Gasteiger partial charge in [0.2, 0.25) is 10.0 Å². The standard InChI is InChI=1S/C15H23NO4S/c1-15(2)9-3-10-16(15)21(18,19)14-7-5-13(6-8-14)20-12-4-11-17/h5-8,17H,3-4,9-12H2,1-2H3. The van der Waals surface area contributed by atoms with E-state index in [-0.39, 0.29) is 12.1 Å². The number of sulfonamides is 1. The van der Waals surface area contributed by atoms with Gasteiger partial charge in [0, 0.05) is 25.1 Å². The van der Waals surface area contributed by atoms with Gasteiger partial charge >= 0.3 is 0 Å². The summed E-state index contributed by atoms with van der Waals surface area (Å²) in [5.74, 6) is 0.614. The van der Waals surface area contributed by atoms with Crippen LogP contribution in [0.1, 0.15) is 33.1 Å². The van der Waals surface area contributed by atoms with Crippen LogP contribution in [0.4, 0.5) is 0 Å². The SMILES string of the molecule is CC1(C)CCCN1S(=O)(=O)c1ccc(OCCCO)cc1. The second-order valence-corrected chi connectivity index (χ2v) is 7.75. The number of benzene rings is 1. The van der Waals surface area contributed by atoms with Gasteiger partial charge in [0.25, 0.3) is 0 Å². The van der Waals surface area contributed by atoms with E-state index in [4.69, 9.17) is 9.84 Å². The molecule has 0 radical (unpaired) electrons. The molecule has 0 aromatic heterocycles. The quantitative estimate of drug-likeness (QED) is 0.816. The molecule has 6 heteroatoms. The average Bonchev–Trinajstić information content (AvgIpc) is 2.80. The maximum absolute atomic E-state index is 12.7. The van der Waals surface area contributed by atoms with Gasteiger partial charge in [-0.1, -0.05) is 0 Å². The van der Waals surface area contributed by atoms with Crippen LogP contribution in [0.15, 0.2) is 29.2 Å². The lowest BCUT2D eigenvalue weighted by Gasteiger charge is -2.30. The van der Waals surface area contributed by atoms with Gasteiger partial charge in [0.1, 0.15) is 5.75 Å². The predicted octanol–water partition coefficient (Wildman–Crippen LogP) is 2.01. The molecule has 5 nitrogen and oxygen atoms in total. The molecule has 1 aromatic rings. The van der Waals surface area contributed by atoms with Crippen molar-refractivity contribution < 1.29 is 18.3 Å². The summed E-state index contributed by atoms with van der Waals surface area (Å²) in [5, 5.41) is 8.70. The average molecular weight is 313 g/mol. The normalized spacial score (nSPS) is 18.8. The summed E-state index contributed by atoms with van der Waals surface area (Å²) < 4.78 is 32.3. The Morgan fingerprint density at radius 3 is 2.48 bits per heavy atom. The third kappa shape index (κ3) is 3.56. The molecule has 1 aromatic carbocycles. The van der Waals surface area contributed by atoms with E-state index in [2.05, 4.69) is 0 Å². The zero-order chi connectivity index (χ0) is 15.5. The van der Waals surface area contributed by atoms with Crippen LogP contribution in [0.3, 0.4) is 0 Å². The highest BCUT2D eigenvalue weighted by atomic mass is 32.2. The lowest BCUT2D eigenvalue weighted by atomic mass is 10.0. The summed E-state index contributed by atoms with van der Waals surface area (Å²) in [6.07, 6.45) is 2.34. The summed E-state index contributed by atoms with van der Waals surface area (Å²) >= 11 is 0. The molecule has 0 spiro atoms. The Labute approximate surface area is 126 Å². The van der Waals surface area contributed by atoms with Crippen molar-refractivity contribution in [1.29, 1.82) is 0 Å². The van der Waals surface area contributed by atoms with Gasteiger partial charge in [-0.2, -0.15) is 4.31 Å². The minimum absolute atomic E-state index is 0.0799. The monoisotopic (exact) mass is 313 g/mol. The van der Waals surface area contributed by atoms with Crippen LogP contribution in [0.5, 0.6) is 5.75 Å². The molecular formula is C15H23NO4S. The fraction of sp³-hybridized carbons (Fsp3) is 0.600. The van der Waals surface area contributed by atoms with Gasteiger partial charge < -0.3 is 9.84 Å². The second-order valence-electron chi connectivity index (χ2n) is 5.89. The van der Waals surface area contributed by atoms with Crippen LogP contribution in [0.2, 0.25) is 0 Å². The molecule has 0 saturated carbocycles. The molecular weight excluding hydrogens is 290 g/mol. The molecule has 1 fully saturated rings. The predicted molar refractivity (Wildman–Crippen MR) is 80.8 cm³/mol. The van der Waals surface area contributed by atoms with E-state index in [1.165, 1.54) is 0 Å². The lowest BCUT2D eigenvalue weighted by Crippen LogP contribution is -2.42. The highest BCUT2D eigenvalue weighted by molar-refractivity contribution is 7.89. The zero-order valence-corrected chi connectivity index (χ0v) is 13.4. The van der Waals surface area contributed by atoms with Crippen molar-refractivity contribution in [3.05, 3.63) is 24.3 Å². The maximum atomic E-state index is 12.7. The van der Waals surface area contributed by atoms with E-state index in [0.29, 0.717) is 30.2 Å². The number of nitrogens with zero attached hydrogens (tertiary/aromatic N) is 1. The van der Waals surface area contributed by atoms with Crippen LogP contribution in [0, 0.1) is 0 Å². The topological polar surface area (TPSA) is 66.8 Å². The molecule has 1 saturated heterocycles.